The number of hydrogen-bond acceptors (Lipinski definition) is 3. The lowest BCUT2D eigenvalue weighted by Gasteiger charge is -2.40. The Balaban J connectivity index is 0. The minimum atomic E-state index is -8.18. The summed E-state index contributed by atoms with van der Waals surface area (Å²) in [6, 6.07) is 0. The second kappa shape index (κ2) is 8.94. The van der Waals surface area contributed by atoms with Gasteiger partial charge in [0.2, 0.25) is 6.17 Å². The van der Waals surface area contributed by atoms with Gasteiger partial charge in [-0.25, -0.2) is 17.6 Å². The molecule has 29 heavy (non-hydrogen) atoms. The van der Waals surface area contributed by atoms with Crippen LogP contribution in [0.1, 0.15) is 0 Å². The van der Waals surface area contributed by atoms with Crippen LogP contribution in [-0.4, -0.2) is 74.8 Å². The molecule has 0 aliphatic rings. The predicted octanol–water partition coefficient (Wildman–Crippen LogP) is 3.79. The van der Waals surface area contributed by atoms with Crippen LogP contribution >= 0.6 is 0 Å². The largest absolute Gasteiger partial charge is 0.384 e. The molecule has 19 heteroatoms. The molecule has 0 rings (SSSR count). The molecule has 0 fully saturated rings. The highest BCUT2D eigenvalue weighted by Crippen LogP contribution is 2.59. The van der Waals surface area contributed by atoms with Crippen LogP contribution in [0.5, 0.6) is 0 Å². The summed E-state index contributed by atoms with van der Waals surface area (Å²) >= 11 is 0. The van der Waals surface area contributed by atoms with E-state index < -0.39 is 57.8 Å². The van der Waals surface area contributed by atoms with E-state index in [1.807, 2.05) is 14.1 Å². The van der Waals surface area contributed by atoms with Gasteiger partial charge >= 0.3 is 39.7 Å². The van der Waals surface area contributed by atoms with Crippen molar-refractivity contribution in [3.8, 4) is 0 Å². The van der Waals surface area contributed by atoms with Crippen LogP contribution < -0.4 is 5.32 Å². The van der Waals surface area contributed by atoms with E-state index in [0.717, 1.165) is 0 Å². The van der Waals surface area contributed by atoms with E-state index in [-0.39, 0.29) is 0 Å². The second-order valence-corrected chi connectivity index (χ2v) is 6.48. The minimum absolute atomic E-state index is 1.88. The third-order valence-corrected chi connectivity index (χ3v) is 3.56. The van der Waals surface area contributed by atoms with Crippen molar-refractivity contribution in [2.24, 2.45) is 0 Å². The van der Waals surface area contributed by atoms with E-state index in [0.29, 0.717) is 0 Å². The Hall–Kier alpha value is -1.11. The summed E-state index contributed by atoms with van der Waals surface area (Å²) in [5, 5.41) is 2.75. The maximum absolute atomic E-state index is 13.0. The third-order valence-electron chi connectivity index (χ3n) is 2.74. The summed E-state index contributed by atoms with van der Waals surface area (Å²) in [6.07, 6.45) is -10.7. The molecule has 0 amide bonds. The van der Waals surface area contributed by atoms with Crippen molar-refractivity contribution in [3.05, 3.63) is 0 Å². The lowest BCUT2D eigenvalue weighted by molar-refractivity contribution is -0.412. The summed E-state index contributed by atoms with van der Waals surface area (Å²) in [5.41, 5.74) is -5.73. The monoisotopic (exact) mass is 491 g/mol. The van der Waals surface area contributed by atoms with Gasteiger partial charge in [0.05, 0.1) is 0 Å². The summed E-state index contributed by atoms with van der Waals surface area (Å²) in [7, 11) is -3.22. The lowest BCUT2D eigenvalue weighted by Crippen LogP contribution is -2.71. The summed E-state index contributed by atoms with van der Waals surface area (Å²) in [6.45, 7) is 0. The summed E-state index contributed by atoms with van der Waals surface area (Å²) < 4.78 is 206. The first kappa shape index (κ1) is 30.1. The van der Waals surface area contributed by atoms with Crippen molar-refractivity contribution in [2.45, 2.75) is 47.7 Å². The van der Waals surface area contributed by atoms with Gasteiger partial charge in [-0.2, -0.15) is 52.3 Å². The van der Waals surface area contributed by atoms with Crippen LogP contribution in [0.2, 0.25) is 0 Å². The fourth-order valence-electron chi connectivity index (χ4n) is 1.28. The van der Waals surface area contributed by atoms with Gasteiger partial charge in [-0.05, 0) is 14.1 Å². The van der Waals surface area contributed by atoms with Crippen molar-refractivity contribution in [2.75, 3.05) is 14.1 Å². The van der Waals surface area contributed by atoms with Gasteiger partial charge in [0, 0.05) is 0 Å². The normalized spacial score (nSPS) is 16.9. The van der Waals surface area contributed by atoms with Gasteiger partial charge < -0.3 is 5.32 Å². The maximum Gasteiger partial charge on any atom is 0.384 e. The molecular weight excluding hydrogens is 480 g/mol. The Morgan fingerprint density at radius 3 is 1.21 bits per heavy atom. The Kier molecular flexibility index (Phi) is 9.28. The third kappa shape index (κ3) is 5.15. The zero-order valence-corrected chi connectivity index (χ0v) is 14.5. The Bertz CT molecular complexity index is 638. The zero-order valence-electron chi connectivity index (χ0n) is 13.7. The molecule has 0 aromatic heterocycles. The molecular formula is C10H11F14NO3S. The molecule has 2 unspecified atom stereocenters. The molecule has 4 nitrogen and oxygen atoms in total. The van der Waals surface area contributed by atoms with Gasteiger partial charge in [-0.1, -0.05) is 0 Å². The molecule has 0 saturated heterocycles. The first-order valence-corrected chi connectivity index (χ1v) is 7.93. The molecule has 0 heterocycles. The highest BCUT2D eigenvalue weighted by atomic mass is 32.2. The average molecular weight is 491 g/mol. The number of nitrogens with one attached hydrogen (secondary N) is 1. The van der Waals surface area contributed by atoms with E-state index in [2.05, 4.69) is 5.32 Å². The molecule has 0 aromatic carbocycles. The van der Waals surface area contributed by atoms with Crippen LogP contribution in [0.3, 0.4) is 0 Å². The molecule has 0 bridgehead atoms. The van der Waals surface area contributed by atoms with E-state index in [1.54, 1.807) is 0 Å². The fraction of sp³-hybridized carbons (Fsp3) is 1.00. The molecule has 2 N–H and O–H groups in total. The minimum Gasteiger partial charge on any atom is -0.323 e. The molecule has 0 saturated carbocycles. The van der Waals surface area contributed by atoms with Crippen LogP contribution in [0, 0.1) is 0 Å². The molecule has 0 radical (unpaired) electrons. The highest BCUT2D eigenvalue weighted by molar-refractivity contribution is 7.86. The summed E-state index contributed by atoms with van der Waals surface area (Å²) in [5.74, 6) is -39.1. The van der Waals surface area contributed by atoms with Gasteiger partial charge in [-0.3, -0.25) is 4.55 Å². The van der Waals surface area contributed by atoms with E-state index >= 15 is 0 Å². The van der Waals surface area contributed by atoms with E-state index in [1.165, 1.54) is 0 Å². The standard InChI is InChI=1S/C8H4F14O3S.C2H7N/c9-1(2(10)11)4(13,14)6(17,18)8(21,22)7(19,20)5(15,16)3(12)26(23,24)25;1-3-2/h1-3H,(H,23,24,25);3H,1-2H3. The van der Waals surface area contributed by atoms with Crippen molar-refractivity contribution in [1.82, 2.24) is 5.32 Å². The van der Waals surface area contributed by atoms with E-state index in [4.69, 9.17) is 4.55 Å². The quantitative estimate of drug-likeness (QED) is 0.401. The van der Waals surface area contributed by atoms with Crippen molar-refractivity contribution in [3.63, 3.8) is 0 Å². The number of halogens is 14. The van der Waals surface area contributed by atoms with Crippen molar-refractivity contribution >= 4 is 10.1 Å². The number of rotatable bonds is 8. The van der Waals surface area contributed by atoms with Crippen molar-refractivity contribution < 1.29 is 74.4 Å². The maximum atomic E-state index is 13.0. The number of hydrogen-bond donors (Lipinski definition) is 2. The Labute approximate surface area is 153 Å². The zero-order chi connectivity index (χ0) is 24.4. The SMILES string of the molecule is CNC.O=S(=O)(O)C(F)C(F)(F)C(F)(F)C(F)(F)C(F)(F)C(F)(F)C(F)C(F)F. The lowest BCUT2D eigenvalue weighted by atomic mass is 9.92. The summed E-state index contributed by atoms with van der Waals surface area (Å²) in [4.78, 5) is 0. The molecule has 0 spiro atoms. The molecule has 2 atom stereocenters. The Morgan fingerprint density at radius 2 is 0.966 bits per heavy atom. The molecule has 0 aromatic rings. The van der Waals surface area contributed by atoms with Gasteiger partial charge in [0.25, 0.3) is 11.9 Å². The van der Waals surface area contributed by atoms with Crippen LogP contribution in [-0.2, 0) is 10.1 Å². The predicted molar refractivity (Wildman–Crippen MR) is 67.1 cm³/mol. The molecule has 178 valence electrons. The van der Waals surface area contributed by atoms with Crippen LogP contribution in [0.15, 0.2) is 0 Å². The van der Waals surface area contributed by atoms with Gasteiger partial charge in [-0.15, -0.1) is 0 Å². The Morgan fingerprint density at radius 1 is 0.690 bits per heavy atom. The highest BCUT2D eigenvalue weighted by Gasteiger charge is 2.89. The molecule has 0 aliphatic heterocycles. The van der Waals surface area contributed by atoms with Gasteiger partial charge in [0.15, 0.2) is 0 Å². The smallest absolute Gasteiger partial charge is 0.323 e. The van der Waals surface area contributed by atoms with Crippen LogP contribution in [0.4, 0.5) is 61.5 Å². The number of alkyl halides is 14. The first-order chi connectivity index (χ1) is 12.4. The first-order valence-electron chi connectivity index (χ1n) is 6.42. The van der Waals surface area contributed by atoms with Gasteiger partial charge in [0.1, 0.15) is 0 Å². The average Bonchev–Trinajstić information content (AvgIpc) is 2.52. The van der Waals surface area contributed by atoms with E-state index in [9.17, 15) is 69.9 Å². The van der Waals surface area contributed by atoms with Crippen molar-refractivity contribution in [1.29, 1.82) is 0 Å². The fourth-order valence-corrected chi connectivity index (χ4v) is 1.80. The molecule has 0 aliphatic carbocycles. The topological polar surface area (TPSA) is 66.4 Å². The second-order valence-electron chi connectivity index (χ2n) is 5.04. The van der Waals surface area contributed by atoms with Crippen LogP contribution in [0.25, 0.3) is 0 Å².